The van der Waals surface area contributed by atoms with Gasteiger partial charge in [0.05, 0.1) is 6.61 Å². The van der Waals surface area contributed by atoms with Crippen molar-refractivity contribution in [3.8, 4) is 0 Å². The molecule has 0 aliphatic heterocycles. The average molecular weight is 215 g/mol. The average Bonchev–Trinajstić information content (AvgIpc) is 2.17. The van der Waals surface area contributed by atoms with Crippen molar-refractivity contribution in [3.05, 3.63) is 35.9 Å². The smallest absolute Gasteiger partial charge is 0.0607 e. The van der Waals surface area contributed by atoms with Gasteiger partial charge in [-0.25, -0.2) is 0 Å². The predicted molar refractivity (Wildman–Crippen MR) is 54.4 cm³/mol. The van der Waals surface area contributed by atoms with E-state index in [1.807, 2.05) is 32.0 Å². The van der Waals surface area contributed by atoms with Crippen molar-refractivity contribution in [2.45, 2.75) is 25.9 Å². The molecule has 0 unspecified atom stereocenters. The molecule has 0 saturated heterocycles. The Morgan fingerprint density at radius 2 is 1.79 bits per heavy atom. The van der Waals surface area contributed by atoms with E-state index in [9.17, 15) is 0 Å². The summed E-state index contributed by atoms with van der Waals surface area (Å²) in [5.74, 6) is 0. The quantitative estimate of drug-likeness (QED) is 0.643. The van der Waals surface area contributed by atoms with Crippen LogP contribution in [-0.4, -0.2) is 17.3 Å². The lowest BCUT2D eigenvalue weighted by Gasteiger charge is -2.23. The van der Waals surface area contributed by atoms with Gasteiger partial charge in [0.2, 0.25) is 0 Å². The van der Waals surface area contributed by atoms with Crippen molar-refractivity contribution in [1.82, 2.24) is 5.32 Å². The third-order valence-electron chi connectivity index (χ3n) is 2.01. The predicted octanol–water partition coefficient (Wildman–Crippen LogP) is -1.45. The minimum atomic E-state index is -0.199. The van der Waals surface area contributed by atoms with Gasteiger partial charge >= 0.3 is 0 Å². The second-order valence-corrected chi connectivity index (χ2v) is 3.88. The molecule has 0 atom stereocenters. The van der Waals surface area contributed by atoms with Crippen LogP contribution < -0.4 is 17.7 Å². The minimum absolute atomic E-state index is 0. The molecule has 3 heteroatoms. The molecule has 0 amide bonds. The summed E-state index contributed by atoms with van der Waals surface area (Å²) in [4.78, 5) is 0. The number of nitrogens with one attached hydrogen (secondary N) is 1. The summed E-state index contributed by atoms with van der Waals surface area (Å²) in [5.41, 5.74) is 1.04. The number of rotatable bonds is 4. The van der Waals surface area contributed by atoms with Gasteiger partial charge in [-0.15, -0.1) is 0 Å². The van der Waals surface area contributed by atoms with Gasteiger partial charge in [-0.2, -0.15) is 0 Å². The molecule has 1 aromatic carbocycles. The number of benzene rings is 1. The second kappa shape index (κ2) is 6.02. The van der Waals surface area contributed by atoms with Gasteiger partial charge in [0.15, 0.2) is 0 Å². The lowest BCUT2D eigenvalue weighted by atomic mass is 10.1. The van der Waals surface area contributed by atoms with Crippen LogP contribution in [0.5, 0.6) is 0 Å². The Kier molecular flexibility index (Phi) is 5.77. The van der Waals surface area contributed by atoms with E-state index in [0.29, 0.717) is 0 Å². The van der Waals surface area contributed by atoms with Crippen molar-refractivity contribution in [3.63, 3.8) is 0 Å². The molecule has 2 nitrogen and oxygen atoms in total. The molecule has 2 N–H and O–H groups in total. The molecule has 0 aliphatic rings. The number of hydrogen-bond donors (Lipinski definition) is 2. The maximum absolute atomic E-state index is 9.01. The van der Waals surface area contributed by atoms with Crippen LogP contribution in [0.4, 0.5) is 0 Å². The lowest BCUT2D eigenvalue weighted by molar-refractivity contribution is -0.00000376. The Morgan fingerprint density at radius 1 is 1.21 bits per heavy atom. The van der Waals surface area contributed by atoms with E-state index in [4.69, 9.17) is 5.11 Å². The van der Waals surface area contributed by atoms with E-state index in [2.05, 4.69) is 17.4 Å². The molecule has 1 rings (SSSR count). The Balaban J connectivity index is 0.00000169. The monoisotopic (exact) mass is 214 g/mol. The zero-order chi connectivity index (χ0) is 9.73. The summed E-state index contributed by atoms with van der Waals surface area (Å²) < 4.78 is 0. The zero-order valence-corrected chi connectivity index (χ0v) is 9.38. The molecule has 0 spiro atoms. The van der Waals surface area contributed by atoms with Crippen molar-refractivity contribution < 1.29 is 17.5 Å². The topological polar surface area (TPSA) is 32.3 Å². The van der Waals surface area contributed by atoms with Crippen molar-refractivity contribution in [2.75, 3.05) is 6.61 Å². The molecule has 1 aromatic rings. The molecule has 80 valence electrons. The van der Waals surface area contributed by atoms with E-state index in [1.165, 1.54) is 5.56 Å². The first-order chi connectivity index (χ1) is 6.14. The van der Waals surface area contributed by atoms with Gasteiger partial charge in [-0.05, 0) is 19.4 Å². The summed E-state index contributed by atoms with van der Waals surface area (Å²) >= 11 is 0. The third kappa shape index (κ3) is 4.61. The number of aliphatic hydroxyl groups excluding tert-OH is 1. The van der Waals surface area contributed by atoms with E-state index >= 15 is 0 Å². The van der Waals surface area contributed by atoms with E-state index in [1.54, 1.807) is 0 Å². The third-order valence-corrected chi connectivity index (χ3v) is 2.01. The van der Waals surface area contributed by atoms with Crippen molar-refractivity contribution in [1.29, 1.82) is 0 Å². The second-order valence-electron chi connectivity index (χ2n) is 3.88. The Bertz CT molecular complexity index is 249. The summed E-state index contributed by atoms with van der Waals surface area (Å²) in [6, 6.07) is 10.2. The fraction of sp³-hybridized carbons (Fsp3) is 0.455. The molecule has 0 heterocycles. The molecule has 0 bridgehead atoms. The van der Waals surface area contributed by atoms with E-state index in [-0.39, 0.29) is 24.6 Å². The largest absolute Gasteiger partial charge is 1.00 e. The maximum atomic E-state index is 9.01. The van der Waals surface area contributed by atoms with Crippen LogP contribution in [0, 0.1) is 0 Å². The van der Waals surface area contributed by atoms with Gasteiger partial charge < -0.3 is 22.8 Å². The highest BCUT2D eigenvalue weighted by Gasteiger charge is 2.14. The van der Waals surface area contributed by atoms with Crippen LogP contribution in [0.25, 0.3) is 0 Å². The van der Waals surface area contributed by atoms with Crippen LogP contribution in [0.3, 0.4) is 0 Å². The van der Waals surface area contributed by atoms with Gasteiger partial charge in [-0.3, -0.25) is 0 Å². The first-order valence-corrected chi connectivity index (χ1v) is 4.54. The number of halogens is 1. The zero-order valence-electron chi connectivity index (χ0n) is 8.63. The SMILES string of the molecule is CC(C)(CO)NCc1ccccc1.[Cl-]. The van der Waals surface area contributed by atoms with Gasteiger partial charge in [0.1, 0.15) is 0 Å². The van der Waals surface area contributed by atoms with Gasteiger partial charge in [0.25, 0.3) is 0 Å². The molecule has 14 heavy (non-hydrogen) atoms. The molecule has 0 radical (unpaired) electrons. The summed E-state index contributed by atoms with van der Waals surface area (Å²) in [6.45, 7) is 4.92. The highest BCUT2D eigenvalue weighted by atomic mass is 35.5. The number of hydrogen-bond acceptors (Lipinski definition) is 2. The summed E-state index contributed by atoms with van der Waals surface area (Å²) in [7, 11) is 0. The van der Waals surface area contributed by atoms with Gasteiger partial charge in [0, 0.05) is 12.1 Å². The Labute approximate surface area is 91.8 Å². The van der Waals surface area contributed by atoms with Crippen LogP contribution in [0.1, 0.15) is 19.4 Å². The standard InChI is InChI=1S/C11H17NO.ClH/c1-11(2,9-13)12-8-10-6-4-3-5-7-10;/h3-7,12-13H,8-9H2,1-2H3;1H/p-1. The first-order valence-electron chi connectivity index (χ1n) is 4.54. The molecule has 0 fully saturated rings. The summed E-state index contributed by atoms with van der Waals surface area (Å²) in [5, 5.41) is 12.3. The fourth-order valence-corrected chi connectivity index (χ4v) is 0.993. The fourth-order valence-electron chi connectivity index (χ4n) is 0.993. The Morgan fingerprint density at radius 3 is 2.29 bits per heavy atom. The first kappa shape index (κ1) is 13.4. The highest BCUT2D eigenvalue weighted by molar-refractivity contribution is 5.14. The van der Waals surface area contributed by atoms with E-state index in [0.717, 1.165) is 6.54 Å². The molecule has 0 saturated carbocycles. The van der Waals surface area contributed by atoms with Crippen LogP contribution in [0.2, 0.25) is 0 Å². The van der Waals surface area contributed by atoms with Crippen molar-refractivity contribution in [2.24, 2.45) is 0 Å². The number of aliphatic hydroxyl groups is 1. The molecule has 0 aliphatic carbocycles. The normalized spacial score (nSPS) is 10.8. The van der Waals surface area contributed by atoms with Crippen LogP contribution in [-0.2, 0) is 6.54 Å². The van der Waals surface area contributed by atoms with Crippen LogP contribution >= 0.6 is 0 Å². The molecular weight excluding hydrogens is 198 g/mol. The summed E-state index contributed by atoms with van der Waals surface area (Å²) in [6.07, 6.45) is 0. The molecule has 0 aromatic heterocycles. The lowest BCUT2D eigenvalue weighted by Crippen LogP contribution is -3.00. The van der Waals surface area contributed by atoms with Crippen LogP contribution in [0.15, 0.2) is 30.3 Å². The molecular formula is C11H17ClNO-. The van der Waals surface area contributed by atoms with E-state index < -0.39 is 0 Å². The minimum Gasteiger partial charge on any atom is -1.00 e. The van der Waals surface area contributed by atoms with Crippen molar-refractivity contribution >= 4 is 0 Å². The Hall–Kier alpha value is -0.570. The maximum Gasteiger partial charge on any atom is 0.0607 e. The highest BCUT2D eigenvalue weighted by Crippen LogP contribution is 2.03. The van der Waals surface area contributed by atoms with Gasteiger partial charge in [-0.1, -0.05) is 30.3 Å².